The highest BCUT2D eigenvalue weighted by atomic mass is 32.2. The monoisotopic (exact) mass is 290 g/mol. The summed E-state index contributed by atoms with van der Waals surface area (Å²) in [5, 5.41) is 2.52. The quantitative estimate of drug-likeness (QED) is 0.838. The first-order chi connectivity index (χ1) is 9.47. The number of sulfone groups is 1. The number of nitrogens with one attached hydrogen (secondary N) is 1. The van der Waals surface area contributed by atoms with Gasteiger partial charge in [-0.05, 0) is 36.4 Å². The van der Waals surface area contributed by atoms with E-state index in [1.165, 1.54) is 12.1 Å². The lowest BCUT2D eigenvalue weighted by molar-refractivity contribution is -0.113. The van der Waals surface area contributed by atoms with Crippen LogP contribution >= 0.6 is 0 Å². The smallest absolute Gasteiger partial charge is 0.239 e. The Morgan fingerprint density at radius 3 is 2.20 bits per heavy atom. The summed E-state index contributed by atoms with van der Waals surface area (Å²) in [4.78, 5) is 11.9. The third-order valence-electron chi connectivity index (χ3n) is 2.62. The summed E-state index contributed by atoms with van der Waals surface area (Å²) in [5.74, 6) is -1.18. The van der Waals surface area contributed by atoms with Gasteiger partial charge in [-0.2, -0.15) is 0 Å². The van der Waals surface area contributed by atoms with E-state index >= 15 is 0 Å². The first-order valence-electron chi connectivity index (χ1n) is 5.90. The van der Waals surface area contributed by atoms with Crippen molar-refractivity contribution in [2.24, 2.45) is 0 Å². The van der Waals surface area contributed by atoms with Crippen LogP contribution < -0.4 is 11.1 Å². The first kappa shape index (κ1) is 14.1. The zero-order valence-corrected chi connectivity index (χ0v) is 11.4. The number of hydrogen-bond donors (Lipinski definition) is 2. The van der Waals surface area contributed by atoms with E-state index in [1.54, 1.807) is 42.5 Å². The van der Waals surface area contributed by atoms with Crippen LogP contribution in [0.4, 0.5) is 11.4 Å². The van der Waals surface area contributed by atoms with Crippen molar-refractivity contribution in [3.05, 3.63) is 54.6 Å². The standard InChI is InChI=1S/C14H14N2O3S/c15-11-6-8-12(9-7-11)16-14(17)10-20(18,19)13-4-2-1-3-5-13/h1-9H,10,15H2,(H,16,17). The van der Waals surface area contributed by atoms with Gasteiger partial charge in [0.25, 0.3) is 0 Å². The van der Waals surface area contributed by atoms with Crippen molar-refractivity contribution in [1.82, 2.24) is 0 Å². The SMILES string of the molecule is Nc1ccc(NC(=O)CS(=O)(=O)c2ccccc2)cc1. The van der Waals surface area contributed by atoms with Gasteiger partial charge in [-0.1, -0.05) is 18.2 Å². The van der Waals surface area contributed by atoms with Gasteiger partial charge in [0.1, 0.15) is 5.75 Å². The molecular formula is C14H14N2O3S. The molecule has 104 valence electrons. The second kappa shape index (κ2) is 5.75. The lowest BCUT2D eigenvalue weighted by atomic mass is 10.3. The number of anilines is 2. The van der Waals surface area contributed by atoms with Gasteiger partial charge >= 0.3 is 0 Å². The van der Waals surface area contributed by atoms with Crippen molar-refractivity contribution in [1.29, 1.82) is 0 Å². The number of rotatable bonds is 4. The fourth-order valence-electron chi connectivity index (χ4n) is 1.65. The summed E-state index contributed by atoms with van der Waals surface area (Å²) in [5.41, 5.74) is 6.60. The van der Waals surface area contributed by atoms with Crippen LogP contribution in [0.3, 0.4) is 0 Å². The van der Waals surface area contributed by atoms with Crippen LogP contribution in [0.25, 0.3) is 0 Å². The van der Waals surface area contributed by atoms with Gasteiger partial charge in [-0.15, -0.1) is 0 Å². The molecule has 5 nitrogen and oxygen atoms in total. The van der Waals surface area contributed by atoms with Gasteiger partial charge in [0.15, 0.2) is 9.84 Å². The number of carbonyl (C=O) groups excluding carboxylic acids is 1. The summed E-state index contributed by atoms with van der Waals surface area (Å²) in [6, 6.07) is 14.4. The molecule has 0 bridgehead atoms. The van der Waals surface area contributed by atoms with Gasteiger partial charge in [0.2, 0.25) is 5.91 Å². The van der Waals surface area contributed by atoms with Crippen molar-refractivity contribution >= 4 is 27.1 Å². The van der Waals surface area contributed by atoms with Crippen LogP contribution in [0, 0.1) is 0 Å². The average molecular weight is 290 g/mol. The highest BCUT2D eigenvalue weighted by Crippen LogP contribution is 2.13. The van der Waals surface area contributed by atoms with Crippen LogP contribution in [0.5, 0.6) is 0 Å². The molecule has 0 radical (unpaired) electrons. The maximum atomic E-state index is 12.0. The Morgan fingerprint density at radius 1 is 1.00 bits per heavy atom. The van der Waals surface area contributed by atoms with Crippen LogP contribution in [0.1, 0.15) is 0 Å². The van der Waals surface area contributed by atoms with Gasteiger partial charge in [-0.25, -0.2) is 8.42 Å². The van der Waals surface area contributed by atoms with E-state index in [2.05, 4.69) is 5.32 Å². The molecule has 3 N–H and O–H groups in total. The lowest BCUT2D eigenvalue weighted by Crippen LogP contribution is -2.22. The third kappa shape index (κ3) is 3.58. The molecule has 0 aromatic heterocycles. The van der Waals surface area contributed by atoms with Crippen LogP contribution in [0.2, 0.25) is 0 Å². The molecule has 20 heavy (non-hydrogen) atoms. The van der Waals surface area contributed by atoms with E-state index < -0.39 is 21.5 Å². The molecule has 0 atom stereocenters. The zero-order chi connectivity index (χ0) is 14.6. The van der Waals surface area contributed by atoms with Crippen LogP contribution in [-0.4, -0.2) is 20.1 Å². The largest absolute Gasteiger partial charge is 0.399 e. The highest BCUT2D eigenvalue weighted by molar-refractivity contribution is 7.92. The predicted octanol–water partition coefficient (Wildman–Crippen LogP) is 1.68. The van der Waals surface area contributed by atoms with E-state index in [1.807, 2.05) is 0 Å². The molecule has 0 saturated heterocycles. The molecule has 0 aliphatic rings. The number of amides is 1. The molecule has 0 spiro atoms. The average Bonchev–Trinajstić information content (AvgIpc) is 2.42. The Bertz CT molecular complexity index is 695. The molecule has 6 heteroatoms. The Balaban J connectivity index is 2.06. The van der Waals surface area contributed by atoms with Crippen molar-refractivity contribution in [3.8, 4) is 0 Å². The van der Waals surface area contributed by atoms with E-state index in [-0.39, 0.29) is 4.90 Å². The molecule has 2 aromatic rings. The maximum Gasteiger partial charge on any atom is 0.239 e. The van der Waals surface area contributed by atoms with Crippen molar-refractivity contribution in [2.45, 2.75) is 4.90 Å². The summed E-state index contributed by atoms with van der Waals surface area (Å²) >= 11 is 0. The second-order valence-corrected chi connectivity index (χ2v) is 6.23. The summed E-state index contributed by atoms with van der Waals surface area (Å²) in [7, 11) is -3.62. The minimum absolute atomic E-state index is 0.132. The van der Waals surface area contributed by atoms with Crippen LogP contribution in [0.15, 0.2) is 59.5 Å². The summed E-state index contributed by atoms with van der Waals surface area (Å²) in [6.07, 6.45) is 0. The summed E-state index contributed by atoms with van der Waals surface area (Å²) in [6.45, 7) is 0. The normalized spacial score (nSPS) is 11.0. The number of nitrogens with two attached hydrogens (primary N) is 1. The second-order valence-electron chi connectivity index (χ2n) is 4.24. The van der Waals surface area contributed by atoms with Crippen molar-refractivity contribution in [2.75, 3.05) is 16.8 Å². The Kier molecular flexibility index (Phi) is 4.05. The number of hydrogen-bond acceptors (Lipinski definition) is 4. The molecule has 1 amide bonds. The zero-order valence-electron chi connectivity index (χ0n) is 10.6. The maximum absolute atomic E-state index is 12.0. The minimum Gasteiger partial charge on any atom is -0.399 e. The van der Waals surface area contributed by atoms with E-state index in [0.717, 1.165) is 0 Å². The molecule has 0 aliphatic carbocycles. The van der Waals surface area contributed by atoms with Crippen LogP contribution in [-0.2, 0) is 14.6 Å². The van der Waals surface area contributed by atoms with Gasteiger partial charge in [0.05, 0.1) is 4.90 Å². The lowest BCUT2D eigenvalue weighted by Gasteiger charge is -2.06. The van der Waals surface area contributed by atoms with Gasteiger partial charge in [-0.3, -0.25) is 4.79 Å². The molecule has 2 rings (SSSR count). The molecule has 0 heterocycles. The number of carbonyl (C=O) groups is 1. The fraction of sp³-hybridized carbons (Fsp3) is 0.0714. The predicted molar refractivity (Wildman–Crippen MR) is 78.0 cm³/mol. The van der Waals surface area contributed by atoms with Crippen molar-refractivity contribution < 1.29 is 13.2 Å². The highest BCUT2D eigenvalue weighted by Gasteiger charge is 2.18. The minimum atomic E-state index is -3.62. The number of nitrogen functional groups attached to an aromatic ring is 1. The first-order valence-corrected chi connectivity index (χ1v) is 7.56. The molecule has 0 aliphatic heterocycles. The molecule has 0 unspecified atom stereocenters. The van der Waals surface area contributed by atoms with Crippen molar-refractivity contribution in [3.63, 3.8) is 0 Å². The third-order valence-corrected chi connectivity index (χ3v) is 4.25. The van der Waals surface area contributed by atoms with E-state index in [4.69, 9.17) is 5.73 Å². The Labute approximate surface area is 117 Å². The Hall–Kier alpha value is -2.34. The van der Waals surface area contributed by atoms with E-state index in [0.29, 0.717) is 11.4 Å². The molecule has 0 fully saturated rings. The molecule has 2 aromatic carbocycles. The Morgan fingerprint density at radius 2 is 1.60 bits per heavy atom. The van der Waals surface area contributed by atoms with Gasteiger partial charge in [0, 0.05) is 11.4 Å². The number of benzene rings is 2. The molecule has 0 saturated carbocycles. The van der Waals surface area contributed by atoms with E-state index in [9.17, 15) is 13.2 Å². The summed E-state index contributed by atoms with van der Waals surface area (Å²) < 4.78 is 24.0. The fourth-order valence-corrected chi connectivity index (χ4v) is 2.80. The topological polar surface area (TPSA) is 89.3 Å². The molecular weight excluding hydrogens is 276 g/mol. The van der Waals surface area contributed by atoms with Gasteiger partial charge < -0.3 is 11.1 Å².